The topological polar surface area (TPSA) is 160 Å². The molecule has 5 N–H and O–H groups in total. The third kappa shape index (κ3) is 24.5. The minimum Gasteiger partial charge on any atom is -0.302 e. The Balaban J connectivity index is 0. The molecule has 12 heteroatoms. The molecular weight excluding hydrogens is 249 g/mol. The Morgan fingerprint density at radius 1 is 1.23 bits per heavy atom. The van der Waals surface area contributed by atoms with Crippen LogP contribution in [-0.4, -0.2) is 19.6 Å². The number of hydrogen-bond donors (Lipinski definition) is 5. The van der Waals surface area contributed by atoms with Gasteiger partial charge in [-0.1, -0.05) is 0 Å². The summed E-state index contributed by atoms with van der Waals surface area (Å²) in [6.45, 7) is 0. The van der Waals surface area contributed by atoms with Crippen molar-refractivity contribution in [3.63, 3.8) is 0 Å². The molecule has 0 saturated carbocycles. The molecule has 9 nitrogen and oxygen atoms in total. The predicted octanol–water partition coefficient (Wildman–Crippen LogP) is -0.601. The first kappa shape index (κ1) is 15.3. The highest BCUT2D eigenvalue weighted by Crippen LogP contribution is 2.53. The zero-order valence-corrected chi connectivity index (χ0v) is 8.28. The second-order valence-electron chi connectivity index (χ2n) is 1.27. The number of halogens is 1. The maximum atomic E-state index is 9.63. The molecule has 0 fully saturated rings. The van der Waals surface area contributed by atoms with E-state index in [1.54, 1.807) is 4.84 Å². The Bertz CT molecular complexity index is 240. The number of phosphoric acid groups is 2. The van der Waals surface area contributed by atoms with E-state index >= 15 is 0 Å². The molecule has 0 amide bonds. The van der Waals surface area contributed by atoms with E-state index in [0.29, 0.717) is 0 Å². The van der Waals surface area contributed by atoms with Gasteiger partial charge in [0.15, 0.2) is 6.19 Å². The highest BCUT2D eigenvalue weighted by Gasteiger charge is 2.27. The molecule has 0 radical (unpaired) electrons. The van der Waals surface area contributed by atoms with Gasteiger partial charge in [-0.3, -0.25) is 0 Å². The first-order valence-electron chi connectivity index (χ1n) is 2.19. The Morgan fingerprint density at radius 2 is 1.46 bits per heavy atom. The normalized spacial score (nSPS) is 10.8. The molecule has 0 saturated heterocycles. The summed E-state index contributed by atoms with van der Waals surface area (Å²) in [6, 6.07) is 0. The highest BCUT2D eigenvalue weighted by atomic mass is 35.5. The molecule has 0 aliphatic heterocycles. The van der Waals surface area contributed by atoms with Gasteiger partial charge in [-0.05, 0) is 0 Å². The third-order valence-corrected chi connectivity index (χ3v) is 2.04. The summed E-state index contributed by atoms with van der Waals surface area (Å²) in [5, 5.41) is 7.38. The van der Waals surface area contributed by atoms with Gasteiger partial charge in [-0.2, -0.15) is 9.57 Å². The molecule has 0 unspecified atom stereocenters. The molecule has 0 aromatic rings. The van der Waals surface area contributed by atoms with E-state index in [-0.39, 0.29) is 0 Å². The molecule has 0 heterocycles. The molecule has 0 aromatic carbocycles. The first-order chi connectivity index (χ1) is 5.62. The van der Waals surface area contributed by atoms with Crippen LogP contribution in [0.1, 0.15) is 0 Å². The molecule has 0 spiro atoms. The van der Waals surface area contributed by atoms with Crippen molar-refractivity contribution in [2.24, 2.45) is 0 Å². The minimum absolute atomic E-state index is 1.45. The maximum Gasteiger partial charge on any atom is 0.478 e. The van der Waals surface area contributed by atoms with Crippen molar-refractivity contribution in [1.82, 2.24) is 4.84 Å². The molecule has 0 atom stereocenters. The van der Waals surface area contributed by atoms with E-state index in [9.17, 15) is 9.13 Å². The largest absolute Gasteiger partial charge is 0.478 e. The zero-order valence-electron chi connectivity index (χ0n) is 5.73. The fraction of sp³-hybridized carbons (Fsp3) is 0. The number of hydrogen-bond acceptors (Lipinski definition) is 5. The molecule has 0 rings (SSSR count). The number of nitriles is 1. The Kier molecular flexibility index (Phi) is 7.44. The van der Waals surface area contributed by atoms with Crippen LogP contribution in [0.15, 0.2) is 0 Å². The maximum absolute atomic E-state index is 9.63. The van der Waals surface area contributed by atoms with E-state index in [1.807, 2.05) is 0 Å². The lowest BCUT2D eigenvalue weighted by molar-refractivity contribution is 0.225. The molecule has 0 aromatic heterocycles. The van der Waals surface area contributed by atoms with Gasteiger partial charge in [0.2, 0.25) is 0 Å². The van der Waals surface area contributed by atoms with Crippen molar-refractivity contribution >= 4 is 27.4 Å². The number of rotatable bonds is 2. The summed E-state index contributed by atoms with van der Waals surface area (Å²) < 4.78 is 22.2. The minimum atomic E-state index is -5.05. The Hall–Kier alpha value is -0.160. The molecule has 0 aliphatic carbocycles. The number of nitrogens with one attached hydrogen (secondary N) is 1. The predicted molar refractivity (Wildman–Crippen MR) is 39.8 cm³/mol. The average Bonchev–Trinajstić information content (AvgIpc) is 1.80. The highest BCUT2D eigenvalue weighted by molar-refractivity contribution is 7.60. The van der Waals surface area contributed by atoms with Crippen LogP contribution in [0.5, 0.6) is 0 Å². The molecular formula is CH5ClN2O7P2. The van der Waals surface area contributed by atoms with Gasteiger partial charge in [0.05, 0.1) is 0 Å². The third-order valence-electron chi connectivity index (χ3n) is 0.255. The van der Waals surface area contributed by atoms with Crippen LogP contribution >= 0.6 is 27.4 Å². The van der Waals surface area contributed by atoms with Crippen molar-refractivity contribution in [2.45, 2.75) is 0 Å². The zero-order chi connectivity index (χ0) is 11.1. The summed E-state index contributed by atoms with van der Waals surface area (Å²) in [6.07, 6.45) is 1.45. The van der Waals surface area contributed by atoms with Gasteiger partial charge in [0.25, 0.3) is 0 Å². The van der Waals surface area contributed by atoms with Crippen LogP contribution in [0, 0.1) is 11.5 Å². The van der Waals surface area contributed by atoms with Crippen LogP contribution in [0.2, 0.25) is 0 Å². The van der Waals surface area contributed by atoms with Crippen molar-refractivity contribution in [3.05, 3.63) is 0 Å². The molecule has 13 heavy (non-hydrogen) atoms. The SMILES string of the molecule is N#CNCl.O=P(O)(O)OP(=O)(O)O. The van der Waals surface area contributed by atoms with E-state index in [0.717, 1.165) is 0 Å². The molecule has 0 bridgehead atoms. The summed E-state index contributed by atoms with van der Waals surface area (Å²) in [5.41, 5.74) is 0. The molecule has 78 valence electrons. The quantitative estimate of drug-likeness (QED) is 0.187. The second kappa shape index (κ2) is 6.32. The second-order valence-corrected chi connectivity index (χ2v) is 4.07. The van der Waals surface area contributed by atoms with Crippen molar-refractivity contribution < 1.29 is 33.0 Å². The van der Waals surface area contributed by atoms with Gasteiger partial charge in [0.1, 0.15) is 0 Å². The fourth-order valence-corrected chi connectivity index (χ4v) is 1.25. The van der Waals surface area contributed by atoms with Crippen molar-refractivity contribution in [3.8, 4) is 6.19 Å². The Morgan fingerprint density at radius 3 is 1.46 bits per heavy atom. The summed E-state index contributed by atoms with van der Waals surface area (Å²) in [4.78, 5) is 32.7. The summed E-state index contributed by atoms with van der Waals surface area (Å²) in [5.74, 6) is 0. The van der Waals surface area contributed by atoms with Gasteiger partial charge in [-0.15, -0.1) is 0 Å². The van der Waals surface area contributed by atoms with Crippen molar-refractivity contribution in [2.75, 3.05) is 0 Å². The van der Waals surface area contributed by atoms with E-state index in [2.05, 4.69) is 16.1 Å². The summed E-state index contributed by atoms with van der Waals surface area (Å²) in [7, 11) is -10.1. The van der Waals surface area contributed by atoms with Crippen LogP contribution < -0.4 is 4.84 Å². The lowest BCUT2D eigenvalue weighted by Gasteiger charge is -2.03. The fourth-order valence-electron chi connectivity index (χ4n) is 0.139. The van der Waals surface area contributed by atoms with E-state index < -0.39 is 15.6 Å². The Labute approximate surface area is 77.5 Å². The van der Waals surface area contributed by atoms with Gasteiger partial charge < -0.3 is 19.6 Å². The van der Waals surface area contributed by atoms with Crippen LogP contribution in [-0.2, 0) is 13.4 Å². The monoisotopic (exact) mass is 254 g/mol. The van der Waals surface area contributed by atoms with Crippen LogP contribution in [0.4, 0.5) is 0 Å². The lowest BCUT2D eigenvalue weighted by atomic mass is 11.5. The van der Waals surface area contributed by atoms with Crippen LogP contribution in [0.3, 0.4) is 0 Å². The first-order valence-corrected chi connectivity index (χ1v) is 5.63. The van der Waals surface area contributed by atoms with Crippen LogP contribution in [0.25, 0.3) is 0 Å². The average molecular weight is 254 g/mol. The summed E-state index contributed by atoms with van der Waals surface area (Å²) >= 11 is 4.57. The lowest BCUT2D eigenvalue weighted by Crippen LogP contribution is -1.84. The van der Waals surface area contributed by atoms with Crippen molar-refractivity contribution in [1.29, 1.82) is 5.26 Å². The van der Waals surface area contributed by atoms with E-state index in [4.69, 9.17) is 24.8 Å². The van der Waals surface area contributed by atoms with E-state index in [1.165, 1.54) is 6.19 Å². The molecule has 0 aliphatic rings. The van der Waals surface area contributed by atoms with Gasteiger partial charge in [-0.25, -0.2) is 14.0 Å². The number of nitrogens with zero attached hydrogens (tertiary/aromatic N) is 1. The smallest absolute Gasteiger partial charge is 0.302 e. The standard InChI is InChI=1S/CHClN2.H4O7P2/c2-4-1-3;1-8(2,3)7-9(4,5)6/h4H;(H2,1,2,3)(H2,4,5,6). The van der Waals surface area contributed by atoms with Gasteiger partial charge >= 0.3 is 15.6 Å². The van der Waals surface area contributed by atoms with Gasteiger partial charge in [0, 0.05) is 11.8 Å².